The minimum absolute atomic E-state index is 0.237. The van der Waals surface area contributed by atoms with Gasteiger partial charge in [-0.25, -0.2) is 0 Å². The summed E-state index contributed by atoms with van der Waals surface area (Å²) in [5.41, 5.74) is 2.59. The molecule has 1 nitrogen and oxygen atoms in total. The smallest absolute Gasteiger partial charge is 0.0684 e. The summed E-state index contributed by atoms with van der Waals surface area (Å²) in [6.45, 7) is 5.23. The minimum Gasteiger partial charge on any atom is -0.306 e. The number of aryl methyl sites for hydroxylation is 1. The van der Waals surface area contributed by atoms with Crippen molar-refractivity contribution in [2.24, 2.45) is 0 Å². The van der Waals surface area contributed by atoms with Gasteiger partial charge in [-0.15, -0.1) is 11.3 Å². The summed E-state index contributed by atoms with van der Waals surface area (Å²) in [6, 6.07) is 8.49. The highest BCUT2D eigenvalue weighted by Gasteiger charge is 2.19. The van der Waals surface area contributed by atoms with Gasteiger partial charge in [-0.1, -0.05) is 18.5 Å². The zero-order valence-electron chi connectivity index (χ0n) is 10.3. The molecule has 0 radical (unpaired) electrons. The summed E-state index contributed by atoms with van der Waals surface area (Å²) < 4.78 is 1.25. The van der Waals surface area contributed by atoms with Crippen LogP contribution in [0.4, 0.5) is 0 Å². The second kappa shape index (κ2) is 6.37. The van der Waals surface area contributed by atoms with E-state index in [1.807, 2.05) is 6.07 Å². The molecule has 2 rings (SSSR count). The Labute approximate surface area is 131 Å². The van der Waals surface area contributed by atoms with Crippen LogP contribution in [0.25, 0.3) is 0 Å². The summed E-state index contributed by atoms with van der Waals surface area (Å²) >= 11 is 10.3. The van der Waals surface area contributed by atoms with Gasteiger partial charge in [0.15, 0.2) is 0 Å². The van der Waals surface area contributed by atoms with Crippen molar-refractivity contribution >= 4 is 45.5 Å². The van der Waals surface area contributed by atoms with E-state index >= 15 is 0 Å². The highest BCUT2D eigenvalue weighted by molar-refractivity contribution is 14.1. The van der Waals surface area contributed by atoms with Crippen molar-refractivity contribution in [3.8, 4) is 0 Å². The molecule has 1 unspecified atom stereocenters. The molecule has 1 N–H and O–H groups in total. The third kappa shape index (κ3) is 3.07. The summed E-state index contributed by atoms with van der Waals surface area (Å²) in [7, 11) is 0. The number of rotatable bonds is 4. The topological polar surface area (TPSA) is 12.0 Å². The number of benzene rings is 1. The molecular formula is C14H15ClINS. The van der Waals surface area contributed by atoms with E-state index < -0.39 is 0 Å². The largest absolute Gasteiger partial charge is 0.306 e. The first kappa shape index (κ1) is 14.3. The Morgan fingerprint density at radius 3 is 2.78 bits per heavy atom. The molecule has 0 saturated heterocycles. The molecule has 1 aromatic carbocycles. The van der Waals surface area contributed by atoms with E-state index in [2.05, 4.69) is 65.3 Å². The first-order valence-corrected chi connectivity index (χ1v) is 8.19. The van der Waals surface area contributed by atoms with Crippen LogP contribution in [-0.2, 0) is 0 Å². The molecule has 0 saturated carbocycles. The minimum atomic E-state index is 0.237. The van der Waals surface area contributed by atoms with Crippen LogP contribution in [0.15, 0.2) is 29.6 Å². The molecule has 1 atom stereocenters. The van der Waals surface area contributed by atoms with Gasteiger partial charge in [0, 0.05) is 13.5 Å². The number of thiophene rings is 1. The molecule has 0 fully saturated rings. The first-order valence-electron chi connectivity index (χ1n) is 5.85. The fraction of sp³-hybridized carbons (Fsp3) is 0.286. The van der Waals surface area contributed by atoms with Gasteiger partial charge in [-0.2, -0.15) is 0 Å². The van der Waals surface area contributed by atoms with Crippen LogP contribution in [0.1, 0.15) is 29.0 Å². The van der Waals surface area contributed by atoms with Gasteiger partial charge >= 0.3 is 0 Å². The highest BCUT2D eigenvalue weighted by atomic mass is 127. The van der Waals surface area contributed by atoms with Crippen LogP contribution in [0.2, 0.25) is 5.02 Å². The van der Waals surface area contributed by atoms with Crippen LogP contribution < -0.4 is 5.32 Å². The average molecular weight is 392 g/mol. The predicted molar refractivity (Wildman–Crippen MR) is 88.7 cm³/mol. The fourth-order valence-electron chi connectivity index (χ4n) is 1.96. The van der Waals surface area contributed by atoms with Crippen LogP contribution in [-0.4, -0.2) is 6.54 Å². The van der Waals surface area contributed by atoms with Crippen LogP contribution in [0.5, 0.6) is 0 Å². The SMILES string of the molecule is CCNC(c1cc(Cl)ccc1I)c1sccc1C. The lowest BCUT2D eigenvalue weighted by atomic mass is 10.0. The normalized spacial score (nSPS) is 12.7. The predicted octanol–water partition coefficient (Wildman–Crippen LogP) is 5.01. The van der Waals surface area contributed by atoms with E-state index in [0.717, 1.165) is 11.6 Å². The van der Waals surface area contributed by atoms with E-state index in [9.17, 15) is 0 Å². The van der Waals surface area contributed by atoms with Crippen molar-refractivity contribution < 1.29 is 0 Å². The van der Waals surface area contributed by atoms with Crippen LogP contribution in [0, 0.1) is 10.5 Å². The molecule has 1 heterocycles. The van der Waals surface area contributed by atoms with Crippen molar-refractivity contribution in [2.45, 2.75) is 19.9 Å². The van der Waals surface area contributed by atoms with E-state index in [4.69, 9.17) is 11.6 Å². The zero-order valence-corrected chi connectivity index (χ0v) is 14.1. The van der Waals surface area contributed by atoms with Gasteiger partial charge in [-0.05, 0) is 76.8 Å². The van der Waals surface area contributed by atoms with E-state index in [-0.39, 0.29) is 6.04 Å². The maximum absolute atomic E-state index is 6.13. The van der Waals surface area contributed by atoms with Gasteiger partial charge in [0.25, 0.3) is 0 Å². The third-order valence-corrected chi connectivity index (χ3v) is 5.14. The Morgan fingerprint density at radius 2 is 2.17 bits per heavy atom. The van der Waals surface area contributed by atoms with Crippen molar-refractivity contribution in [3.05, 3.63) is 54.2 Å². The molecule has 0 aliphatic rings. The summed E-state index contributed by atoms with van der Waals surface area (Å²) in [5, 5.41) is 6.50. The van der Waals surface area contributed by atoms with Gasteiger partial charge in [-0.3, -0.25) is 0 Å². The molecule has 0 spiro atoms. The quantitative estimate of drug-likeness (QED) is 0.722. The zero-order chi connectivity index (χ0) is 13.1. The molecular weight excluding hydrogens is 377 g/mol. The van der Waals surface area contributed by atoms with Crippen molar-refractivity contribution in [3.63, 3.8) is 0 Å². The monoisotopic (exact) mass is 391 g/mol. The maximum Gasteiger partial charge on any atom is 0.0684 e. The fourth-order valence-corrected chi connectivity index (χ4v) is 3.81. The first-order chi connectivity index (χ1) is 8.63. The second-order valence-corrected chi connectivity index (χ2v) is 6.67. The maximum atomic E-state index is 6.13. The van der Waals surface area contributed by atoms with Gasteiger partial charge in [0.1, 0.15) is 0 Å². The molecule has 0 amide bonds. The van der Waals surface area contributed by atoms with Crippen molar-refractivity contribution in [2.75, 3.05) is 6.54 Å². The lowest BCUT2D eigenvalue weighted by molar-refractivity contribution is 0.635. The molecule has 1 aromatic heterocycles. The molecule has 18 heavy (non-hydrogen) atoms. The number of halogens is 2. The molecule has 2 aromatic rings. The molecule has 0 aliphatic heterocycles. The number of hydrogen-bond donors (Lipinski definition) is 1. The molecule has 0 bridgehead atoms. The van der Waals surface area contributed by atoms with Crippen LogP contribution >= 0.6 is 45.5 Å². The van der Waals surface area contributed by atoms with Crippen molar-refractivity contribution in [1.82, 2.24) is 5.32 Å². The lowest BCUT2D eigenvalue weighted by Gasteiger charge is -2.20. The van der Waals surface area contributed by atoms with E-state index in [1.165, 1.54) is 19.6 Å². The lowest BCUT2D eigenvalue weighted by Crippen LogP contribution is -2.22. The molecule has 0 aliphatic carbocycles. The Hall–Kier alpha value is -0.100. The van der Waals surface area contributed by atoms with Crippen molar-refractivity contribution in [1.29, 1.82) is 0 Å². The molecule has 4 heteroatoms. The molecule has 96 valence electrons. The van der Waals surface area contributed by atoms with E-state index in [1.54, 1.807) is 11.3 Å². The van der Waals surface area contributed by atoms with Gasteiger partial charge in [0.2, 0.25) is 0 Å². The second-order valence-electron chi connectivity index (χ2n) is 4.12. The van der Waals surface area contributed by atoms with Crippen LogP contribution in [0.3, 0.4) is 0 Å². The summed E-state index contributed by atoms with van der Waals surface area (Å²) in [6.07, 6.45) is 0. The Bertz CT molecular complexity index is 538. The number of nitrogens with one attached hydrogen (secondary N) is 1. The number of hydrogen-bond acceptors (Lipinski definition) is 2. The summed E-state index contributed by atoms with van der Waals surface area (Å²) in [4.78, 5) is 1.37. The Kier molecular flexibility index (Phi) is 5.06. The van der Waals surface area contributed by atoms with Gasteiger partial charge in [0.05, 0.1) is 6.04 Å². The highest BCUT2D eigenvalue weighted by Crippen LogP contribution is 2.33. The Morgan fingerprint density at radius 1 is 1.39 bits per heavy atom. The Balaban J connectivity index is 2.48. The summed E-state index contributed by atoms with van der Waals surface area (Å²) in [5.74, 6) is 0. The van der Waals surface area contributed by atoms with Gasteiger partial charge < -0.3 is 5.32 Å². The van der Waals surface area contributed by atoms with E-state index in [0.29, 0.717) is 0 Å². The average Bonchev–Trinajstić information content (AvgIpc) is 2.76. The third-order valence-electron chi connectivity index (χ3n) is 2.84. The standard InChI is InChI=1S/C14H15ClINS/c1-3-17-13(14-9(2)6-7-18-14)11-8-10(15)4-5-12(11)16/h4-8,13,17H,3H2,1-2H3.